The lowest BCUT2D eigenvalue weighted by atomic mass is 9.86. The fourth-order valence-corrected chi connectivity index (χ4v) is 4.52. The number of nitrogens with zero attached hydrogens (tertiary/aromatic N) is 3. The maximum Gasteiger partial charge on any atom is 0.225 e. The zero-order valence-electron chi connectivity index (χ0n) is 20.0. The minimum absolute atomic E-state index is 0.451. The average molecular weight is 448 g/mol. The molecule has 1 aliphatic rings. The van der Waals surface area contributed by atoms with Crippen LogP contribution in [0.1, 0.15) is 38.5 Å². The molecule has 1 fully saturated rings. The Morgan fingerprint density at radius 3 is 2.45 bits per heavy atom. The molecule has 1 aromatic heterocycles. The lowest BCUT2D eigenvalue weighted by Gasteiger charge is -2.29. The molecule has 0 spiro atoms. The van der Waals surface area contributed by atoms with Crippen LogP contribution in [0.2, 0.25) is 0 Å². The molecule has 0 radical (unpaired) electrons. The number of unbranched alkanes of at least 4 members (excludes halogenated alkanes) is 1. The Kier molecular flexibility index (Phi) is 8.36. The lowest BCUT2D eigenvalue weighted by molar-refractivity contribution is 0.299. The normalized spacial score (nSPS) is 18.2. The molecule has 0 unspecified atom stereocenters. The van der Waals surface area contributed by atoms with Gasteiger partial charge in [0.2, 0.25) is 5.95 Å². The van der Waals surface area contributed by atoms with Gasteiger partial charge in [-0.3, -0.25) is 0 Å². The van der Waals surface area contributed by atoms with Gasteiger partial charge in [-0.25, -0.2) is 4.98 Å². The number of hydrogen-bond acceptors (Lipinski definition) is 6. The number of rotatable bonds is 11. The Morgan fingerprint density at radius 2 is 1.67 bits per heavy atom. The van der Waals surface area contributed by atoms with Crippen molar-refractivity contribution in [1.29, 1.82) is 0 Å². The van der Waals surface area contributed by atoms with Crippen LogP contribution in [0.25, 0.3) is 10.9 Å². The molecule has 2 N–H and O–H groups in total. The monoisotopic (exact) mass is 447 g/mol. The van der Waals surface area contributed by atoms with Crippen LogP contribution >= 0.6 is 0 Å². The van der Waals surface area contributed by atoms with E-state index in [9.17, 15) is 0 Å². The van der Waals surface area contributed by atoms with E-state index in [0.717, 1.165) is 66.9 Å². The molecule has 0 atom stereocenters. The quantitative estimate of drug-likeness (QED) is 0.398. The summed E-state index contributed by atoms with van der Waals surface area (Å²) in [6.07, 6.45) is 7.07. The van der Waals surface area contributed by atoms with Crippen molar-refractivity contribution in [2.45, 2.75) is 44.6 Å². The van der Waals surface area contributed by atoms with E-state index in [1.807, 2.05) is 56.6 Å². The predicted molar refractivity (Wildman–Crippen MR) is 137 cm³/mol. The van der Waals surface area contributed by atoms with Crippen LogP contribution in [0.4, 0.5) is 11.8 Å². The molecule has 0 aliphatic heterocycles. The molecule has 1 aliphatic carbocycles. The second-order valence-corrected chi connectivity index (χ2v) is 9.22. The molecule has 176 valence electrons. The summed E-state index contributed by atoms with van der Waals surface area (Å²) in [7, 11) is 4.07. The van der Waals surface area contributed by atoms with Gasteiger partial charge in [-0.15, -0.1) is 0 Å². The first-order valence-electron chi connectivity index (χ1n) is 12.3. The maximum atomic E-state index is 5.76. The molecule has 6 heteroatoms. The second-order valence-electron chi connectivity index (χ2n) is 9.22. The van der Waals surface area contributed by atoms with Crippen molar-refractivity contribution in [3.63, 3.8) is 0 Å². The third kappa shape index (κ3) is 6.81. The summed E-state index contributed by atoms with van der Waals surface area (Å²) in [6, 6.07) is 18.7. The highest BCUT2D eigenvalue weighted by Crippen LogP contribution is 2.28. The van der Waals surface area contributed by atoms with Gasteiger partial charge in [0.15, 0.2) is 0 Å². The molecule has 6 nitrogen and oxygen atoms in total. The van der Waals surface area contributed by atoms with E-state index in [2.05, 4.69) is 27.7 Å². The average Bonchev–Trinajstić information content (AvgIpc) is 2.84. The van der Waals surface area contributed by atoms with E-state index < -0.39 is 0 Å². The summed E-state index contributed by atoms with van der Waals surface area (Å²) >= 11 is 0. The van der Waals surface area contributed by atoms with Crippen LogP contribution in [0.3, 0.4) is 0 Å². The molecule has 1 heterocycles. The van der Waals surface area contributed by atoms with Crippen molar-refractivity contribution < 1.29 is 4.74 Å². The molecular weight excluding hydrogens is 410 g/mol. The topological polar surface area (TPSA) is 62.3 Å². The second kappa shape index (κ2) is 11.8. The van der Waals surface area contributed by atoms with Crippen LogP contribution in [-0.2, 0) is 0 Å². The van der Waals surface area contributed by atoms with E-state index in [-0.39, 0.29) is 0 Å². The van der Waals surface area contributed by atoms with Gasteiger partial charge in [0, 0.05) is 25.5 Å². The van der Waals surface area contributed by atoms with Gasteiger partial charge in [0.05, 0.1) is 12.1 Å². The standard InChI is InChI=1S/C27H37N5O/c1-32(2)26-24-12-6-7-13-25(24)30-27(31-26)29-22-16-14-21(15-17-22)20-28-18-8-9-19-33-23-10-4-3-5-11-23/h3-7,10-13,21-22,28H,8-9,14-20H2,1-2H3,(H,29,30,31)/t21-,22+. The highest BCUT2D eigenvalue weighted by molar-refractivity contribution is 5.90. The number of aromatic nitrogens is 2. The minimum Gasteiger partial charge on any atom is -0.494 e. The minimum atomic E-state index is 0.451. The molecule has 33 heavy (non-hydrogen) atoms. The van der Waals surface area contributed by atoms with E-state index in [0.29, 0.717) is 6.04 Å². The fraction of sp³-hybridized carbons (Fsp3) is 0.481. The zero-order chi connectivity index (χ0) is 22.9. The van der Waals surface area contributed by atoms with Crippen molar-refractivity contribution in [1.82, 2.24) is 15.3 Å². The van der Waals surface area contributed by atoms with E-state index in [4.69, 9.17) is 14.7 Å². The number of nitrogens with one attached hydrogen (secondary N) is 2. The van der Waals surface area contributed by atoms with Gasteiger partial charge in [0.1, 0.15) is 11.6 Å². The predicted octanol–water partition coefficient (Wildman–Crippen LogP) is 5.12. The summed E-state index contributed by atoms with van der Waals surface area (Å²) in [4.78, 5) is 11.6. The summed E-state index contributed by atoms with van der Waals surface area (Å²) < 4.78 is 5.76. The van der Waals surface area contributed by atoms with Gasteiger partial charge < -0.3 is 20.3 Å². The number of ether oxygens (including phenoxy) is 1. The van der Waals surface area contributed by atoms with E-state index in [1.54, 1.807) is 0 Å². The summed E-state index contributed by atoms with van der Waals surface area (Å²) in [5.41, 5.74) is 0.991. The van der Waals surface area contributed by atoms with Gasteiger partial charge >= 0.3 is 0 Å². The van der Waals surface area contributed by atoms with Crippen LogP contribution in [0, 0.1) is 5.92 Å². The van der Waals surface area contributed by atoms with Crippen LogP contribution in [0.15, 0.2) is 54.6 Å². The van der Waals surface area contributed by atoms with Gasteiger partial charge in [-0.1, -0.05) is 30.3 Å². The lowest BCUT2D eigenvalue weighted by Crippen LogP contribution is -2.32. The number of hydrogen-bond donors (Lipinski definition) is 2. The molecule has 1 saturated carbocycles. The molecule has 0 amide bonds. The van der Waals surface area contributed by atoms with Gasteiger partial charge in [-0.2, -0.15) is 4.98 Å². The molecule has 2 aromatic carbocycles. The van der Waals surface area contributed by atoms with Crippen LogP contribution < -0.4 is 20.3 Å². The van der Waals surface area contributed by atoms with Crippen molar-refractivity contribution in [2.24, 2.45) is 5.92 Å². The van der Waals surface area contributed by atoms with Crippen molar-refractivity contribution in [3.8, 4) is 5.75 Å². The van der Waals surface area contributed by atoms with Crippen LogP contribution in [-0.4, -0.2) is 49.8 Å². The highest BCUT2D eigenvalue weighted by atomic mass is 16.5. The fourth-order valence-electron chi connectivity index (χ4n) is 4.52. The third-order valence-electron chi connectivity index (χ3n) is 6.38. The van der Waals surface area contributed by atoms with Crippen molar-refractivity contribution in [2.75, 3.05) is 44.0 Å². The summed E-state index contributed by atoms with van der Waals surface area (Å²) in [5, 5.41) is 8.35. The van der Waals surface area contributed by atoms with E-state index >= 15 is 0 Å². The zero-order valence-corrected chi connectivity index (χ0v) is 20.0. The summed E-state index contributed by atoms with van der Waals surface area (Å²) in [5.74, 6) is 3.44. The Morgan fingerprint density at radius 1 is 0.909 bits per heavy atom. The molecule has 0 saturated heterocycles. The Labute approximate surface area is 197 Å². The molecule has 0 bridgehead atoms. The van der Waals surface area contributed by atoms with Gasteiger partial charge in [-0.05, 0) is 81.8 Å². The Hall–Kier alpha value is -2.86. The van der Waals surface area contributed by atoms with Crippen molar-refractivity contribution >= 4 is 22.7 Å². The molecule has 4 rings (SSSR count). The molecular formula is C27H37N5O. The van der Waals surface area contributed by atoms with Gasteiger partial charge in [0.25, 0.3) is 0 Å². The SMILES string of the molecule is CN(C)c1nc(N[C@H]2CC[C@@H](CNCCCCOc3ccccc3)CC2)nc2ccccc12. The van der Waals surface area contributed by atoms with E-state index in [1.165, 1.54) is 25.7 Å². The number of benzene rings is 2. The van der Waals surface area contributed by atoms with Crippen LogP contribution in [0.5, 0.6) is 5.75 Å². The number of para-hydroxylation sites is 2. The summed E-state index contributed by atoms with van der Waals surface area (Å²) in [6.45, 7) is 2.97. The third-order valence-corrected chi connectivity index (χ3v) is 6.38. The highest BCUT2D eigenvalue weighted by Gasteiger charge is 2.22. The maximum absolute atomic E-state index is 5.76. The Balaban J connectivity index is 1.14. The Bertz CT molecular complexity index is 986. The first-order valence-corrected chi connectivity index (χ1v) is 12.3. The number of anilines is 2. The smallest absolute Gasteiger partial charge is 0.225 e. The first-order chi connectivity index (χ1) is 16.2. The number of fused-ring (bicyclic) bond motifs is 1. The van der Waals surface area contributed by atoms with Crippen molar-refractivity contribution in [3.05, 3.63) is 54.6 Å². The first kappa shape index (κ1) is 23.3. The molecule has 3 aromatic rings. The largest absolute Gasteiger partial charge is 0.494 e.